The summed E-state index contributed by atoms with van der Waals surface area (Å²) < 4.78 is 66.2. The zero-order chi connectivity index (χ0) is 33.0. The Balaban J connectivity index is 0.000000477. The van der Waals surface area contributed by atoms with E-state index in [0.29, 0.717) is 18.1 Å². The summed E-state index contributed by atoms with van der Waals surface area (Å²) in [6.07, 6.45) is 7.09. The minimum absolute atomic E-state index is 0.0475. The summed E-state index contributed by atoms with van der Waals surface area (Å²) >= 11 is 0. The number of fused-ring (bicyclic) bond motifs is 1. The van der Waals surface area contributed by atoms with Crippen LogP contribution >= 0.6 is 0 Å². The number of nitrogens with one attached hydrogen (secondary N) is 2. The van der Waals surface area contributed by atoms with Crippen molar-refractivity contribution in [1.29, 1.82) is 0 Å². The molecule has 4 rings (SSSR count). The number of anilines is 2. The van der Waals surface area contributed by atoms with Crippen LogP contribution < -0.4 is 15.4 Å². The van der Waals surface area contributed by atoms with Crippen molar-refractivity contribution in [3.63, 3.8) is 0 Å². The summed E-state index contributed by atoms with van der Waals surface area (Å²) in [4.78, 5) is 24.6. The summed E-state index contributed by atoms with van der Waals surface area (Å²) in [5.74, 6) is 0.0450. The van der Waals surface area contributed by atoms with Gasteiger partial charge in [0.25, 0.3) is 20.2 Å². The van der Waals surface area contributed by atoms with Crippen LogP contribution in [0.5, 0.6) is 11.5 Å². The van der Waals surface area contributed by atoms with Gasteiger partial charge in [0.2, 0.25) is 5.91 Å². The maximum absolute atomic E-state index is 11.5. The van der Waals surface area contributed by atoms with Gasteiger partial charge in [-0.1, -0.05) is 18.2 Å². The Hall–Kier alpha value is -4.48. The van der Waals surface area contributed by atoms with Crippen LogP contribution in [0.25, 0.3) is 17.0 Å². The van der Waals surface area contributed by atoms with Crippen molar-refractivity contribution in [3.05, 3.63) is 84.0 Å². The molecule has 0 aliphatic rings. The van der Waals surface area contributed by atoms with Crippen LogP contribution in [0.2, 0.25) is 0 Å². The molecule has 1 amide bonds. The standard InChI is InChI=1S/C27H27N5O3.C2H6O6S2/c1-18-13-21(8-11-25(18)35-22-9-6-19(2)29-15-22)32-27-23-14-20(7-10-24(23)30-17-31-27)5-4-12-28-26(33)16-34-3;3-9(4,5)1-2-10(6,7)8/h4-11,13-15,17H,12,16H2,1-3H3,(H,28,33)(H,30,31,32);1-2H2,(H,3,4,5)(H,6,7,8)/b5-4+;. The smallest absolute Gasteiger partial charge is 0.265 e. The highest BCUT2D eigenvalue weighted by molar-refractivity contribution is 7.89. The largest absolute Gasteiger partial charge is 0.455 e. The number of rotatable bonds is 12. The van der Waals surface area contributed by atoms with Crippen molar-refractivity contribution in [2.24, 2.45) is 0 Å². The lowest BCUT2D eigenvalue weighted by atomic mass is 10.1. The highest BCUT2D eigenvalue weighted by Gasteiger charge is 2.12. The van der Waals surface area contributed by atoms with E-state index >= 15 is 0 Å². The van der Waals surface area contributed by atoms with Gasteiger partial charge in [0, 0.05) is 30.4 Å². The maximum Gasteiger partial charge on any atom is 0.265 e. The van der Waals surface area contributed by atoms with Gasteiger partial charge in [-0.25, -0.2) is 9.97 Å². The topological polar surface area (TPSA) is 207 Å². The SMILES string of the molecule is COCC(=O)NC/C=C/c1ccc2ncnc(Nc3ccc(Oc4ccc(C)nc4)c(C)c3)c2c1.O=S(=O)(O)CCS(=O)(=O)O. The van der Waals surface area contributed by atoms with E-state index in [0.717, 1.165) is 39.2 Å². The maximum atomic E-state index is 11.5. The summed E-state index contributed by atoms with van der Waals surface area (Å²) in [5, 5.41) is 7.05. The van der Waals surface area contributed by atoms with E-state index in [2.05, 4.69) is 25.6 Å². The Morgan fingerprint density at radius 3 is 2.29 bits per heavy atom. The molecule has 2 aromatic carbocycles. The molecule has 0 saturated heterocycles. The molecule has 16 heteroatoms. The van der Waals surface area contributed by atoms with Crippen LogP contribution in [0.3, 0.4) is 0 Å². The molecule has 0 saturated carbocycles. The number of hydrogen-bond acceptors (Lipinski definition) is 11. The number of ether oxygens (including phenoxy) is 2. The van der Waals surface area contributed by atoms with Crippen LogP contribution in [0.4, 0.5) is 11.5 Å². The molecule has 0 spiro atoms. The normalized spacial score (nSPS) is 11.6. The van der Waals surface area contributed by atoms with E-state index in [-0.39, 0.29) is 12.5 Å². The molecule has 240 valence electrons. The molecule has 2 aromatic heterocycles. The monoisotopic (exact) mass is 659 g/mol. The molecule has 4 N–H and O–H groups in total. The lowest BCUT2D eigenvalue weighted by Crippen LogP contribution is -2.26. The van der Waals surface area contributed by atoms with Crippen LogP contribution in [-0.2, 0) is 29.8 Å². The van der Waals surface area contributed by atoms with E-state index in [9.17, 15) is 21.6 Å². The van der Waals surface area contributed by atoms with Crippen molar-refractivity contribution >= 4 is 54.6 Å². The summed E-state index contributed by atoms with van der Waals surface area (Å²) in [6, 6.07) is 15.6. The first-order valence-electron chi connectivity index (χ1n) is 13.3. The van der Waals surface area contributed by atoms with Crippen molar-refractivity contribution in [1.82, 2.24) is 20.3 Å². The molecule has 4 aromatic rings. The number of benzene rings is 2. The van der Waals surface area contributed by atoms with E-state index in [1.54, 1.807) is 12.5 Å². The number of amides is 1. The molecule has 0 bridgehead atoms. The fraction of sp³-hybridized carbons (Fsp3) is 0.241. The molecule has 0 fully saturated rings. The van der Waals surface area contributed by atoms with Crippen molar-refractivity contribution in [2.45, 2.75) is 13.8 Å². The molecule has 45 heavy (non-hydrogen) atoms. The average molecular weight is 660 g/mol. The number of aromatic nitrogens is 3. The Labute approximate surface area is 261 Å². The number of hydrogen-bond donors (Lipinski definition) is 4. The second kappa shape index (κ2) is 16.0. The zero-order valence-electron chi connectivity index (χ0n) is 24.7. The fourth-order valence-corrected chi connectivity index (χ4v) is 5.34. The van der Waals surface area contributed by atoms with E-state index in [4.69, 9.17) is 18.6 Å². The minimum atomic E-state index is -4.30. The summed E-state index contributed by atoms with van der Waals surface area (Å²) in [6.45, 7) is 4.40. The number of methoxy groups -OCH3 is 1. The third kappa shape index (κ3) is 12.6. The van der Waals surface area contributed by atoms with Gasteiger partial charge in [0.15, 0.2) is 0 Å². The van der Waals surface area contributed by atoms with Crippen LogP contribution in [0, 0.1) is 13.8 Å². The van der Waals surface area contributed by atoms with Crippen LogP contribution in [0.15, 0.2) is 67.1 Å². The first-order valence-corrected chi connectivity index (χ1v) is 16.5. The lowest BCUT2D eigenvalue weighted by molar-refractivity contribution is -0.124. The van der Waals surface area contributed by atoms with Crippen molar-refractivity contribution < 1.29 is 40.2 Å². The quantitative estimate of drug-likeness (QED) is 0.160. The predicted octanol–water partition coefficient (Wildman–Crippen LogP) is 3.72. The van der Waals surface area contributed by atoms with Gasteiger partial charge in [-0.3, -0.25) is 18.9 Å². The molecule has 0 aliphatic carbocycles. The molecule has 0 aliphatic heterocycles. The summed E-state index contributed by atoms with van der Waals surface area (Å²) in [7, 11) is -7.10. The zero-order valence-corrected chi connectivity index (χ0v) is 26.3. The van der Waals surface area contributed by atoms with Crippen LogP contribution in [0.1, 0.15) is 16.8 Å². The van der Waals surface area contributed by atoms with Gasteiger partial charge < -0.3 is 20.1 Å². The summed E-state index contributed by atoms with van der Waals surface area (Å²) in [5.41, 5.74) is 4.62. The number of carbonyl (C=O) groups excluding carboxylic acids is 1. The molecule has 0 unspecified atom stereocenters. The molecule has 0 radical (unpaired) electrons. The van der Waals surface area contributed by atoms with Gasteiger partial charge in [-0.2, -0.15) is 16.8 Å². The Kier molecular flexibility index (Phi) is 12.5. The van der Waals surface area contributed by atoms with E-state index in [1.165, 1.54) is 7.11 Å². The van der Waals surface area contributed by atoms with E-state index in [1.807, 2.05) is 74.5 Å². The Morgan fingerprint density at radius 2 is 1.67 bits per heavy atom. The Morgan fingerprint density at radius 1 is 0.933 bits per heavy atom. The second-order valence-electron chi connectivity index (χ2n) is 9.55. The van der Waals surface area contributed by atoms with Gasteiger partial charge in [0.1, 0.15) is 30.3 Å². The number of aryl methyl sites for hydroxylation is 2. The van der Waals surface area contributed by atoms with Gasteiger partial charge >= 0.3 is 0 Å². The molecule has 2 heterocycles. The molecule has 0 atom stereocenters. The third-order valence-electron chi connectivity index (χ3n) is 5.81. The van der Waals surface area contributed by atoms with Gasteiger partial charge in [-0.05, 0) is 67.4 Å². The minimum Gasteiger partial charge on any atom is -0.455 e. The van der Waals surface area contributed by atoms with Crippen molar-refractivity contribution in [3.8, 4) is 11.5 Å². The number of nitrogens with zero attached hydrogens (tertiary/aromatic N) is 3. The predicted molar refractivity (Wildman–Crippen MR) is 170 cm³/mol. The van der Waals surface area contributed by atoms with Gasteiger partial charge in [0.05, 0.1) is 23.2 Å². The highest BCUT2D eigenvalue weighted by atomic mass is 32.2. The molecule has 14 nitrogen and oxygen atoms in total. The van der Waals surface area contributed by atoms with Crippen molar-refractivity contribution in [2.75, 3.05) is 37.1 Å². The van der Waals surface area contributed by atoms with Crippen LogP contribution in [-0.4, -0.2) is 78.6 Å². The number of pyridine rings is 1. The van der Waals surface area contributed by atoms with Gasteiger partial charge in [-0.15, -0.1) is 0 Å². The Bertz CT molecular complexity index is 1830. The highest BCUT2D eigenvalue weighted by Crippen LogP contribution is 2.30. The lowest BCUT2D eigenvalue weighted by Gasteiger charge is -2.12. The molecular weight excluding hydrogens is 626 g/mol. The average Bonchev–Trinajstić information content (AvgIpc) is 2.97. The number of carbonyl (C=O) groups is 1. The first kappa shape index (κ1) is 35.0. The first-order chi connectivity index (χ1) is 21.2. The third-order valence-corrected chi connectivity index (χ3v) is 7.51. The fourth-order valence-electron chi connectivity index (χ4n) is 3.66. The van der Waals surface area contributed by atoms with E-state index < -0.39 is 31.7 Å². The second-order valence-corrected chi connectivity index (χ2v) is 12.7. The molecular formula is C29H33N5O9S2.